The van der Waals surface area contributed by atoms with Gasteiger partial charge >= 0.3 is 11.2 Å². The second kappa shape index (κ2) is 7.63. The van der Waals surface area contributed by atoms with Crippen molar-refractivity contribution in [3.05, 3.63) is 70.5 Å². The van der Waals surface area contributed by atoms with Gasteiger partial charge < -0.3 is 5.11 Å². The molecule has 0 saturated heterocycles. The first-order valence-electron chi connectivity index (χ1n) is 8.79. The third-order valence-corrected chi connectivity index (χ3v) is 6.06. The third kappa shape index (κ3) is 3.84. The Bertz CT molecular complexity index is 1230. The van der Waals surface area contributed by atoms with Crippen LogP contribution in [0.25, 0.3) is 5.69 Å². The predicted octanol–water partition coefficient (Wildman–Crippen LogP) is 3.20. The molecule has 0 aliphatic heterocycles. The molecule has 1 aromatic carbocycles. The van der Waals surface area contributed by atoms with Crippen LogP contribution in [-0.2, 0) is 16.4 Å². The van der Waals surface area contributed by atoms with Crippen LogP contribution in [0.1, 0.15) is 30.9 Å². The summed E-state index contributed by atoms with van der Waals surface area (Å²) in [4.78, 5) is 15.9. The second-order valence-electron chi connectivity index (χ2n) is 6.91. The number of hydrogen-bond donors (Lipinski definition) is 1. The van der Waals surface area contributed by atoms with Gasteiger partial charge in [-0.3, -0.25) is 9.55 Å². The minimum Gasteiger partial charge on any atom is -0.493 e. The molecule has 0 aliphatic rings. The highest BCUT2D eigenvalue weighted by Crippen LogP contribution is 2.30. The summed E-state index contributed by atoms with van der Waals surface area (Å²) in [6.07, 6.45) is 4.48. The molecule has 3 rings (SSSR count). The van der Waals surface area contributed by atoms with E-state index in [4.69, 9.17) is 0 Å². The normalized spacial score (nSPS) is 12.5. The number of aromatic hydroxyl groups is 1. The zero-order chi connectivity index (χ0) is 22.3. The highest BCUT2D eigenvalue weighted by molar-refractivity contribution is 7.92. The van der Waals surface area contributed by atoms with E-state index in [0.29, 0.717) is 0 Å². The fourth-order valence-electron chi connectivity index (χ4n) is 3.03. The number of pyridine rings is 1. The Labute approximate surface area is 170 Å². The quantitative estimate of drug-likeness (QED) is 0.656. The Balaban J connectivity index is 1.99. The van der Waals surface area contributed by atoms with Gasteiger partial charge in [0.25, 0.3) is 9.84 Å². The average molecular weight is 441 g/mol. The van der Waals surface area contributed by atoms with Gasteiger partial charge in [0.15, 0.2) is 0 Å². The Morgan fingerprint density at radius 3 is 2.33 bits per heavy atom. The van der Waals surface area contributed by atoms with Gasteiger partial charge in [0.05, 0.1) is 23.3 Å². The SMILES string of the molecule is CC(C)c1cnccc1Cn1cc(O)n(-c2ccc(S(=O)(=O)C(F)(F)F)cc2)c1=O. The van der Waals surface area contributed by atoms with E-state index in [1.807, 2.05) is 13.8 Å². The maximum atomic E-state index is 12.8. The van der Waals surface area contributed by atoms with Crippen LogP contribution < -0.4 is 5.69 Å². The molecule has 3 aromatic rings. The molecule has 0 fully saturated rings. The fraction of sp³-hybridized carbons (Fsp3) is 0.263. The van der Waals surface area contributed by atoms with Crippen molar-refractivity contribution in [2.45, 2.75) is 36.7 Å². The highest BCUT2D eigenvalue weighted by atomic mass is 32.2. The van der Waals surface area contributed by atoms with E-state index in [9.17, 15) is 31.5 Å². The first-order chi connectivity index (χ1) is 13.9. The number of rotatable bonds is 5. The van der Waals surface area contributed by atoms with Crippen LogP contribution in [0.4, 0.5) is 13.2 Å². The molecule has 2 heterocycles. The topological polar surface area (TPSA) is 94.2 Å². The van der Waals surface area contributed by atoms with Crippen molar-refractivity contribution in [2.24, 2.45) is 0 Å². The summed E-state index contributed by atoms with van der Waals surface area (Å²) in [5, 5.41) is 10.2. The summed E-state index contributed by atoms with van der Waals surface area (Å²) in [6, 6.07) is 5.28. The van der Waals surface area contributed by atoms with Crippen molar-refractivity contribution in [1.29, 1.82) is 0 Å². The van der Waals surface area contributed by atoms with Crippen LogP contribution in [0.5, 0.6) is 5.88 Å². The van der Waals surface area contributed by atoms with Crippen molar-refractivity contribution >= 4 is 9.84 Å². The van der Waals surface area contributed by atoms with Crippen molar-refractivity contribution in [1.82, 2.24) is 14.1 Å². The van der Waals surface area contributed by atoms with Crippen LogP contribution in [0.2, 0.25) is 0 Å². The lowest BCUT2D eigenvalue weighted by Gasteiger charge is -2.12. The number of aromatic nitrogens is 3. The molecule has 0 atom stereocenters. The summed E-state index contributed by atoms with van der Waals surface area (Å²) in [6.45, 7) is 4.10. The number of benzene rings is 1. The molecular weight excluding hydrogens is 423 g/mol. The maximum Gasteiger partial charge on any atom is 0.501 e. The number of imidazole rings is 1. The lowest BCUT2D eigenvalue weighted by atomic mass is 10.00. The van der Waals surface area contributed by atoms with Gasteiger partial charge in [-0.15, -0.1) is 0 Å². The molecule has 11 heteroatoms. The summed E-state index contributed by atoms with van der Waals surface area (Å²) >= 11 is 0. The molecule has 0 radical (unpaired) electrons. The molecule has 0 saturated carbocycles. The van der Waals surface area contributed by atoms with Gasteiger partial charge in [0, 0.05) is 12.4 Å². The lowest BCUT2D eigenvalue weighted by molar-refractivity contribution is -0.0436. The average Bonchev–Trinajstić information content (AvgIpc) is 2.94. The number of hydrogen-bond acceptors (Lipinski definition) is 5. The van der Waals surface area contributed by atoms with Crippen molar-refractivity contribution in [3.8, 4) is 11.6 Å². The first-order valence-corrected chi connectivity index (χ1v) is 10.3. The monoisotopic (exact) mass is 441 g/mol. The van der Waals surface area contributed by atoms with Crippen molar-refractivity contribution in [2.75, 3.05) is 0 Å². The minimum atomic E-state index is -5.51. The summed E-state index contributed by atoms with van der Waals surface area (Å²) < 4.78 is 63.1. The molecule has 7 nitrogen and oxygen atoms in total. The summed E-state index contributed by atoms with van der Waals surface area (Å²) in [7, 11) is -5.51. The van der Waals surface area contributed by atoms with Gasteiger partial charge in [-0.1, -0.05) is 13.8 Å². The van der Waals surface area contributed by atoms with E-state index in [1.54, 1.807) is 18.5 Å². The van der Waals surface area contributed by atoms with E-state index >= 15 is 0 Å². The maximum absolute atomic E-state index is 12.8. The Morgan fingerprint density at radius 1 is 1.13 bits per heavy atom. The molecular formula is C19H18F3N3O4S. The Hall–Kier alpha value is -3.08. The Morgan fingerprint density at radius 2 is 1.77 bits per heavy atom. The number of alkyl halides is 3. The minimum absolute atomic E-state index is 0.0242. The van der Waals surface area contributed by atoms with Crippen molar-refractivity contribution in [3.63, 3.8) is 0 Å². The zero-order valence-corrected chi connectivity index (χ0v) is 16.8. The molecule has 0 unspecified atom stereocenters. The second-order valence-corrected chi connectivity index (χ2v) is 8.85. The van der Waals surface area contributed by atoms with Crippen LogP contribution >= 0.6 is 0 Å². The van der Waals surface area contributed by atoms with E-state index in [0.717, 1.165) is 40.0 Å². The molecule has 160 valence electrons. The molecule has 0 bridgehead atoms. The number of sulfone groups is 1. The third-order valence-electron chi connectivity index (χ3n) is 4.56. The van der Waals surface area contributed by atoms with E-state index in [-0.39, 0.29) is 18.2 Å². The van der Waals surface area contributed by atoms with E-state index in [2.05, 4.69) is 4.98 Å². The van der Waals surface area contributed by atoms with E-state index in [1.165, 1.54) is 10.8 Å². The number of halogens is 3. The van der Waals surface area contributed by atoms with Crippen LogP contribution in [0, 0.1) is 0 Å². The van der Waals surface area contributed by atoms with Gasteiger partial charge in [-0.25, -0.2) is 17.8 Å². The largest absolute Gasteiger partial charge is 0.501 e. The van der Waals surface area contributed by atoms with Gasteiger partial charge in [0.1, 0.15) is 0 Å². The zero-order valence-electron chi connectivity index (χ0n) is 16.0. The van der Waals surface area contributed by atoms with Gasteiger partial charge in [0.2, 0.25) is 5.88 Å². The summed E-state index contributed by atoms with van der Waals surface area (Å²) in [5.74, 6) is -0.283. The Kier molecular flexibility index (Phi) is 5.50. The molecule has 2 aromatic heterocycles. The highest BCUT2D eigenvalue weighted by Gasteiger charge is 2.46. The van der Waals surface area contributed by atoms with E-state index < -0.39 is 31.8 Å². The lowest BCUT2D eigenvalue weighted by Crippen LogP contribution is -2.24. The molecule has 0 spiro atoms. The molecule has 0 aliphatic carbocycles. The fourth-order valence-corrected chi connectivity index (χ4v) is 3.79. The standard InChI is InChI=1S/C19H18F3N3O4S/c1-12(2)16-9-23-8-7-13(16)10-24-11-17(26)25(18(24)27)14-3-5-15(6-4-14)30(28,29)19(20,21)22/h3-9,11-12,26H,10H2,1-2H3. The van der Waals surface area contributed by atoms with Crippen LogP contribution in [0.3, 0.4) is 0 Å². The van der Waals surface area contributed by atoms with Crippen LogP contribution in [-0.4, -0.2) is 33.2 Å². The molecule has 30 heavy (non-hydrogen) atoms. The number of nitrogens with zero attached hydrogens (tertiary/aromatic N) is 3. The van der Waals surface area contributed by atoms with Gasteiger partial charge in [-0.05, 0) is 47.4 Å². The molecule has 1 N–H and O–H groups in total. The van der Waals surface area contributed by atoms with Gasteiger partial charge in [-0.2, -0.15) is 13.2 Å². The summed E-state index contributed by atoms with van der Waals surface area (Å²) in [5.41, 5.74) is -4.29. The predicted molar refractivity (Wildman–Crippen MR) is 102 cm³/mol. The van der Waals surface area contributed by atoms with Crippen molar-refractivity contribution < 1.29 is 26.7 Å². The smallest absolute Gasteiger partial charge is 0.493 e. The molecule has 0 amide bonds. The first kappa shape index (κ1) is 21.6. The van der Waals surface area contributed by atoms with Crippen LogP contribution in [0.15, 0.2) is 58.6 Å².